The second-order valence-corrected chi connectivity index (χ2v) is 7.77. The van der Waals surface area contributed by atoms with Crippen LogP contribution in [0.5, 0.6) is 0 Å². The summed E-state index contributed by atoms with van der Waals surface area (Å²) in [6.45, 7) is 4.20. The third-order valence-electron chi connectivity index (χ3n) is 5.83. The van der Waals surface area contributed by atoms with Crippen molar-refractivity contribution >= 4 is 22.7 Å². The Morgan fingerprint density at radius 1 is 1.23 bits per heavy atom. The molecule has 1 unspecified atom stereocenters. The average Bonchev–Trinajstić information content (AvgIpc) is 3.43. The third kappa shape index (κ3) is 3.22. The first-order chi connectivity index (χ1) is 12.5. The largest absolute Gasteiger partial charge is 0.344 e. The van der Waals surface area contributed by atoms with Crippen LogP contribution < -0.4 is 0 Å². The van der Waals surface area contributed by atoms with Crippen molar-refractivity contribution in [2.75, 3.05) is 20.1 Å². The molecule has 2 aliphatic rings. The van der Waals surface area contributed by atoms with Gasteiger partial charge in [0.1, 0.15) is 0 Å². The van der Waals surface area contributed by atoms with Crippen LogP contribution in [0.3, 0.4) is 0 Å². The van der Waals surface area contributed by atoms with Crippen LogP contribution in [-0.4, -0.2) is 52.4 Å². The van der Waals surface area contributed by atoms with Crippen LogP contribution in [0.25, 0.3) is 10.9 Å². The number of aromatic nitrogens is 1. The topological polar surface area (TPSA) is 45.6 Å². The summed E-state index contributed by atoms with van der Waals surface area (Å²) in [5, 5.41) is 1.24. The minimum atomic E-state index is -0.0409. The van der Waals surface area contributed by atoms with E-state index in [-0.39, 0.29) is 17.7 Å². The lowest BCUT2D eigenvalue weighted by atomic mass is 9.96. The molecule has 2 aromatic rings. The number of carbonyl (C=O) groups excluding carboxylic acids is 2. The molecule has 2 fully saturated rings. The molecular formula is C21H27N3O2. The number of likely N-dealkylation sites (N-methyl/N-ethyl adjacent to an activating group) is 1. The molecule has 5 nitrogen and oxygen atoms in total. The monoisotopic (exact) mass is 353 g/mol. The highest BCUT2D eigenvalue weighted by Gasteiger charge is 2.39. The predicted molar refractivity (Wildman–Crippen MR) is 102 cm³/mol. The molecule has 1 atom stereocenters. The molecule has 0 bridgehead atoms. The molecule has 1 aliphatic carbocycles. The summed E-state index contributed by atoms with van der Waals surface area (Å²) in [6, 6.07) is 11.0. The molecular weight excluding hydrogens is 326 g/mol. The minimum Gasteiger partial charge on any atom is -0.344 e. The standard InChI is InChI=1S/C21H27N3O2/c1-15-13-16-5-3-4-6-19(16)23(15)12-11-22(2)21(26)17-7-10-20(25)24(14-17)18-8-9-18/h3-6,13,17-18H,7-12,14H2,1-2H3. The van der Waals surface area contributed by atoms with E-state index in [2.05, 4.69) is 41.8 Å². The molecule has 26 heavy (non-hydrogen) atoms. The zero-order valence-corrected chi connectivity index (χ0v) is 15.6. The zero-order valence-electron chi connectivity index (χ0n) is 15.6. The molecule has 0 spiro atoms. The van der Waals surface area contributed by atoms with E-state index in [9.17, 15) is 9.59 Å². The van der Waals surface area contributed by atoms with Crippen molar-refractivity contribution in [1.82, 2.24) is 14.4 Å². The molecule has 138 valence electrons. The summed E-state index contributed by atoms with van der Waals surface area (Å²) in [5.74, 6) is 0.367. The molecule has 1 aromatic carbocycles. The first kappa shape index (κ1) is 17.1. The lowest BCUT2D eigenvalue weighted by molar-refractivity contribution is -0.142. The van der Waals surface area contributed by atoms with E-state index in [1.165, 1.54) is 16.6 Å². The van der Waals surface area contributed by atoms with Gasteiger partial charge in [-0.25, -0.2) is 0 Å². The van der Waals surface area contributed by atoms with Crippen molar-refractivity contribution < 1.29 is 9.59 Å². The Hall–Kier alpha value is -2.30. The number of rotatable bonds is 5. The Kier molecular flexibility index (Phi) is 4.47. The second kappa shape index (κ2) is 6.78. The van der Waals surface area contributed by atoms with Crippen LogP contribution >= 0.6 is 0 Å². The van der Waals surface area contributed by atoms with Crippen molar-refractivity contribution in [3.8, 4) is 0 Å². The molecule has 5 heteroatoms. The minimum absolute atomic E-state index is 0.0409. The van der Waals surface area contributed by atoms with Crippen molar-refractivity contribution in [3.05, 3.63) is 36.0 Å². The number of piperidine rings is 1. The lowest BCUT2D eigenvalue weighted by Gasteiger charge is -2.34. The Balaban J connectivity index is 1.39. The Morgan fingerprint density at radius 2 is 2.00 bits per heavy atom. The van der Waals surface area contributed by atoms with E-state index in [1.54, 1.807) is 0 Å². The number of carbonyl (C=O) groups is 2. The highest BCUT2D eigenvalue weighted by atomic mass is 16.2. The molecule has 1 saturated carbocycles. The SMILES string of the molecule is Cc1cc2ccccc2n1CCN(C)C(=O)C1CCC(=O)N(C2CC2)C1. The fourth-order valence-electron chi connectivity index (χ4n) is 4.13. The predicted octanol–water partition coefficient (Wildman–Crippen LogP) is 2.81. The van der Waals surface area contributed by atoms with Gasteiger partial charge >= 0.3 is 0 Å². The van der Waals surface area contributed by atoms with Gasteiger partial charge in [0.15, 0.2) is 0 Å². The van der Waals surface area contributed by atoms with E-state index in [4.69, 9.17) is 0 Å². The third-order valence-corrected chi connectivity index (χ3v) is 5.83. The van der Waals surface area contributed by atoms with E-state index in [0.29, 0.717) is 32.0 Å². The molecule has 4 rings (SSSR count). The van der Waals surface area contributed by atoms with Gasteiger partial charge in [0.05, 0.1) is 5.92 Å². The average molecular weight is 353 g/mol. The van der Waals surface area contributed by atoms with E-state index < -0.39 is 0 Å². The van der Waals surface area contributed by atoms with Crippen molar-refractivity contribution in [1.29, 1.82) is 0 Å². The number of aryl methyl sites for hydroxylation is 1. The molecule has 2 amide bonds. The van der Waals surface area contributed by atoms with Crippen molar-refractivity contribution in [2.45, 2.75) is 45.2 Å². The summed E-state index contributed by atoms with van der Waals surface area (Å²) < 4.78 is 2.28. The van der Waals surface area contributed by atoms with Crippen molar-refractivity contribution in [3.63, 3.8) is 0 Å². The van der Waals surface area contributed by atoms with E-state index in [1.807, 2.05) is 16.8 Å². The van der Waals surface area contributed by atoms with Crippen LogP contribution in [0.2, 0.25) is 0 Å². The first-order valence-corrected chi connectivity index (χ1v) is 9.64. The Labute approximate surface area is 154 Å². The van der Waals surface area contributed by atoms with E-state index in [0.717, 1.165) is 19.4 Å². The number of fused-ring (bicyclic) bond motifs is 1. The first-order valence-electron chi connectivity index (χ1n) is 9.64. The number of hydrogen-bond acceptors (Lipinski definition) is 2. The van der Waals surface area contributed by atoms with Crippen LogP contribution in [0.4, 0.5) is 0 Å². The highest BCUT2D eigenvalue weighted by Crippen LogP contribution is 2.32. The smallest absolute Gasteiger partial charge is 0.227 e. The van der Waals surface area contributed by atoms with Gasteiger partial charge in [-0.3, -0.25) is 9.59 Å². The highest BCUT2D eigenvalue weighted by molar-refractivity contribution is 5.84. The number of likely N-dealkylation sites (tertiary alicyclic amines) is 1. The second-order valence-electron chi connectivity index (χ2n) is 7.77. The van der Waals surface area contributed by atoms with Gasteiger partial charge in [0.25, 0.3) is 0 Å². The maximum absolute atomic E-state index is 12.9. The fraction of sp³-hybridized carbons (Fsp3) is 0.524. The summed E-state index contributed by atoms with van der Waals surface area (Å²) >= 11 is 0. The quantitative estimate of drug-likeness (QED) is 0.830. The van der Waals surface area contributed by atoms with E-state index >= 15 is 0 Å². The molecule has 0 radical (unpaired) electrons. The molecule has 2 heterocycles. The van der Waals surface area contributed by atoms with Gasteiger partial charge in [0.2, 0.25) is 11.8 Å². The van der Waals surface area contributed by atoms with Crippen molar-refractivity contribution in [2.24, 2.45) is 5.92 Å². The maximum Gasteiger partial charge on any atom is 0.227 e. The summed E-state index contributed by atoms with van der Waals surface area (Å²) in [7, 11) is 1.89. The number of nitrogens with zero attached hydrogens (tertiary/aromatic N) is 3. The number of hydrogen-bond donors (Lipinski definition) is 0. The molecule has 0 N–H and O–H groups in total. The number of amides is 2. The van der Waals surface area contributed by atoms with Crippen LogP contribution in [0, 0.1) is 12.8 Å². The lowest BCUT2D eigenvalue weighted by Crippen LogP contribution is -2.47. The maximum atomic E-state index is 12.9. The number of para-hydroxylation sites is 1. The van der Waals surface area contributed by atoms with Crippen LogP contribution in [-0.2, 0) is 16.1 Å². The number of benzene rings is 1. The zero-order chi connectivity index (χ0) is 18.3. The summed E-state index contributed by atoms with van der Waals surface area (Å²) in [4.78, 5) is 28.7. The van der Waals surface area contributed by atoms with Gasteiger partial charge in [-0.15, -0.1) is 0 Å². The van der Waals surface area contributed by atoms with Gasteiger partial charge in [-0.1, -0.05) is 18.2 Å². The van der Waals surface area contributed by atoms with Crippen LogP contribution in [0.1, 0.15) is 31.4 Å². The normalized spacial score (nSPS) is 20.6. The molecule has 1 aliphatic heterocycles. The van der Waals surface area contributed by atoms with Gasteiger partial charge < -0.3 is 14.4 Å². The molecule has 1 saturated heterocycles. The fourth-order valence-corrected chi connectivity index (χ4v) is 4.13. The van der Waals surface area contributed by atoms with Crippen LogP contribution in [0.15, 0.2) is 30.3 Å². The summed E-state index contributed by atoms with van der Waals surface area (Å²) in [6.07, 6.45) is 3.41. The molecule has 1 aromatic heterocycles. The summed E-state index contributed by atoms with van der Waals surface area (Å²) in [5.41, 5.74) is 2.43. The van der Waals surface area contributed by atoms with Gasteiger partial charge in [-0.05, 0) is 43.7 Å². The Bertz CT molecular complexity index is 837. The van der Waals surface area contributed by atoms with Gasteiger partial charge in [0, 0.05) is 50.4 Å². The Morgan fingerprint density at radius 3 is 2.77 bits per heavy atom. The van der Waals surface area contributed by atoms with Gasteiger partial charge in [-0.2, -0.15) is 0 Å².